The predicted molar refractivity (Wildman–Crippen MR) is 83.9 cm³/mol. The SMILES string of the molecule is CCC(Nc1ccc(OC(F)F)cc1)c1ccc(Br)cc1. The molecule has 0 aromatic heterocycles. The van der Waals surface area contributed by atoms with Crippen molar-refractivity contribution in [3.63, 3.8) is 0 Å². The van der Waals surface area contributed by atoms with Crippen molar-refractivity contribution in [1.82, 2.24) is 0 Å². The molecule has 0 spiro atoms. The van der Waals surface area contributed by atoms with Crippen LogP contribution in [0, 0.1) is 0 Å². The zero-order valence-electron chi connectivity index (χ0n) is 11.5. The van der Waals surface area contributed by atoms with E-state index in [2.05, 4.69) is 45.0 Å². The second kappa shape index (κ2) is 7.41. The lowest BCUT2D eigenvalue weighted by Crippen LogP contribution is -2.09. The van der Waals surface area contributed by atoms with Crippen molar-refractivity contribution in [3.8, 4) is 5.75 Å². The topological polar surface area (TPSA) is 21.3 Å². The van der Waals surface area contributed by atoms with Crippen LogP contribution in [-0.2, 0) is 0 Å². The summed E-state index contributed by atoms with van der Waals surface area (Å²) in [6.45, 7) is -0.705. The van der Waals surface area contributed by atoms with Gasteiger partial charge in [0.05, 0.1) is 6.04 Å². The number of nitrogens with one attached hydrogen (secondary N) is 1. The van der Waals surface area contributed by atoms with E-state index in [9.17, 15) is 8.78 Å². The average molecular weight is 356 g/mol. The van der Waals surface area contributed by atoms with Gasteiger partial charge >= 0.3 is 6.61 Å². The molecule has 0 bridgehead atoms. The first-order chi connectivity index (χ1) is 10.1. The number of benzene rings is 2. The predicted octanol–water partition coefficient (Wildman–Crippen LogP) is 5.61. The van der Waals surface area contributed by atoms with Gasteiger partial charge in [0.2, 0.25) is 0 Å². The summed E-state index contributed by atoms with van der Waals surface area (Å²) >= 11 is 3.42. The Balaban J connectivity index is 2.06. The molecule has 1 N–H and O–H groups in total. The summed E-state index contributed by atoms with van der Waals surface area (Å²) in [6.07, 6.45) is 0.914. The van der Waals surface area contributed by atoms with Gasteiger partial charge in [-0.15, -0.1) is 0 Å². The molecule has 2 aromatic rings. The lowest BCUT2D eigenvalue weighted by atomic mass is 10.0. The van der Waals surface area contributed by atoms with Crippen LogP contribution in [0.25, 0.3) is 0 Å². The molecular formula is C16H16BrF2NO. The van der Waals surface area contributed by atoms with Gasteiger partial charge in [-0.25, -0.2) is 0 Å². The van der Waals surface area contributed by atoms with E-state index in [0.717, 1.165) is 16.6 Å². The number of alkyl halides is 2. The second-order valence-corrected chi connectivity index (χ2v) is 5.48. The van der Waals surface area contributed by atoms with Gasteiger partial charge in [0.1, 0.15) is 5.75 Å². The van der Waals surface area contributed by atoms with Gasteiger partial charge in [0.25, 0.3) is 0 Å². The third-order valence-electron chi connectivity index (χ3n) is 3.10. The summed E-state index contributed by atoms with van der Waals surface area (Å²) in [5.74, 6) is 0.159. The quantitative estimate of drug-likeness (QED) is 0.726. The molecule has 21 heavy (non-hydrogen) atoms. The molecule has 1 atom stereocenters. The highest BCUT2D eigenvalue weighted by molar-refractivity contribution is 9.10. The number of hydrogen-bond acceptors (Lipinski definition) is 2. The Hall–Kier alpha value is -1.62. The van der Waals surface area contributed by atoms with E-state index in [1.807, 2.05) is 12.1 Å². The first-order valence-corrected chi connectivity index (χ1v) is 7.44. The third kappa shape index (κ3) is 4.70. The van der Waals surface area contributed by atoms with E-state index in [0.29, 0.717) is 0 Å². The molecule has 0 aliphatic heterocycles. The fraction of sp³-hybridized carbons (Fsp3) is 0.250. The monoisotopic (exact) mass is 355 g/mol. The van der Waals surface area contributed by atoms with Crippen molar-refractivity contribution in [2.75, 3.05) is 5.32 Å². The molecule has 0 fully saturated rings. The molecular weight excluding hydrogens is 340 g/mol. The van der Waals surface area contributed by atoms with Crippen molar-refractivity contribution in [2.45, 2.75) is 26.0 Å². The van der Waals surface area contributed by atoms with Crippen LogP contribution < -0.4 is 10.1 Å². The lowest BCUT2D eigenvalue weighted by molar-refractivity contribution is -0.0498. The summed E-state index contributed by atoms with van der Waals surface area (Å²) in [4.78, 5) is 0. The summed E-state index contributed by atoms with van der Waals surface area (Å²) < 4.78 is 29.6. The Kier molecular flexibility index (Phi) is 5.56. The number of ether oxygens (including phenoxy) is 1. The largest absolute Gasteiger partial charge is 0.435 e. The van der Waals surface area contributed by atoms with Crippen LogP contribution in [0.3, 0.4) is 0 Å². The Morgan fingerprint density at radius 1 is 1.05 bits per heavy atom. The van der Waals surface area contributed by atoms with Crippen LogP contribution in [0.5, 0.6) is 5.75 Å². The maximum atomic E-state index is 12.1. The van der Waals surface area contributed by atoms with Crippen LogP contribution in [0.2, 0.25) is 0 Å². The summed E-state index contributed by atoms with van der Waals surface area (Å²) in [6, 6.07) is 14.8. The summed E-state index contributed by atoms with van der Waals surface area (Å²) in [5.41, 5.74) is 2.04. The smallest absolute Gasteiger partial charge is 0.387 e. The normalized spacial score (nSPS) is 12.2. The number of hydrogen-bond donors (Lipinski definition) is 1. The molecule has 2 rings (SSSR count). The first kappa shape index (κ1) is 15.8. The van der Waals surface area contributed by atoms with Crippen molar-refractivity contribution in [2.24, 2.45) is 0 Å². The molecule has 1 unspecified atom stereocenters. The van der Waals surface area contributed by atoms with Crippen LogP contribution in [0.4, 0.5) is 14.5 Å². The van der Waals surface area contributed by atoms with Gasteiger partial charge < -0.3 is 10.1 Å². The van der Waals surface area contributed by atoms with Crippen LogP contribution in [-0.4, -0.2) is 6.61 Å². The lowest BCUT2D eigenvalue weighted by Gasteiger charge is -2.19. The van der Waals surface area contributed by atoms with Crippen LogP contribution in [0.15, 0.2) is 53.0 Å². The number of rotatable bonds is 6. The average Bonchev–Trinajstić information content (AvgIpc) is 2.47. The maximum absolute atomic E-state index is 12.1. The Labute approximate surface area is 131 Å². The molecule has 112 valence electrons. The first-order valence-electron chi connectivity index (χ1n) is 6.65. The van der Waals surface area contributed by atoms with Gasteiger partial charge in [-0.05, 0) is 48.4 Å². The van der Waals surface area contributed by atoms with E-state index in [-0.39, 0.29) is 11.8 Å². The second-order valence-electron chi connectivity index (χ2n) is 4.56. The zero-order chi connectivity index (χ0) is 15.2. The van der Waals surface area contributed by atoms with Gasteiger partial charge in [0, 0.05) is 10.2 Å². The molecule has 2 nitrogen and oxygen atoms in total. The van der Waals surface area contributed by atoms with Crippen molar-refractivity contribution in [3.05, 3.63) is 58.6 Å². The molecule has 0 heterocycles. The van der Waals surface area contributed by atoms with Crippen LogP contribution in [0.1, 0.15) is 24.9 Å². The Morgan fingerprint density at radius 3 is 2.19 bits per heavy atom. The highest BCUT2D eigenvalue weighted by Crippen LogP contribution is 2.25. The van der Waals surface area contributed by atoms with Gasteiger partial charge in [-0.2, -0.15) is 8.78 Å². The van der Waals surface area contributed by atoms with Gasteiger partial charge in [-0.1, -0.05) is 35.0 Å². The van der Waals surface area contributed by atoms with Gasteiger partial charge in [-0.3, -0.25) is 0 Å². The highest BCUT2D eigenvalue weighted by Gasteiger charge is 2.09. The molecule has 5 heteroatoms. The van der Waals surface area contributed by atoms with E-state index >= 15 is 0 Å². The molecule has 0 saturated carbocycles. The highest BCUT2D eigenvalue weighted by atomic mass is 79.9. The van der Waals surface area contributed by atoms with E-state index in [1.54, 1.807) is 12.1 Å². The minimum Gasteiger partial charge on any atom is -0.435 e. The van der Waals surface area contributed by atoms with Crippen LogP contribution >= 0.6 is 15.9 Å². The standard InChI is InChI=1S/C16H16BrF2NO/c1-2-15(11-3-5-12(17)6-4-11)20-13-7-9-14(10-8-13)21-16(18)19/h3-10,15-16,20H,2H2,1H3. The van der Waals surface area contributed by atoms with Gasteiger partial charge in [0.15, 0.2) is 0 Å². The Morgan fingerprint density at radius 2 is 1.67 bits per heavy atom. The fourth-order valence-corrected chi connectivity index (χ4v) is 2.31. The van der Waals surface area contributed by atoms with E-state index < -0.39 is 6.61 Å². The zero-order valence-corrected chi connectivity index (χ0v) is 13.1. The summed E-state index contributed by atoms with van der Waals surface area (Å²) in [7, 11) is 0. The summed E-state index contributed by atoms with van der Waals surface area (Å²) in [5, 5.41) is 3.39. The molecule has 0 aliphatic carbocycles. The molecule has 0 radical (unpaired) electrons. The molecule has 0 amide bonds. The molecule has 0 saturated heterocycles. The Bertz CT molecular complexity index is 557. The number of halogens is 3. The van der Waals surface area contributed by atoms with E-state index in [1.165, 1.54) is 17.7 Å². The minimum atomic E-state index is -2.80. The van der Waals surface area contributed by atoms with E-state index in [4.69, 9.17) is 0 Å². The van der Waals surface area contributed by atoms with Crippen molar-refractivity contribution < 1.29 is 13.5 Å². The van der Waals surface area contributed by atoms with Crippen molar-refractivity contribution in [1.29, 1.82) is 0 Å². The fourth-order valence-electron chi connectivity index (χ4n) is 2.05. The minimum absolute atomic E-state index is 0.159. The maximum Gasteiger partial charge on any atom is 0.387 e. The van der Waals surface area contributed by atoms with Crippen molar-refractivity contribution >= 4 is 21.6 Å². The molecule has 0 aliphatic rings. The molecule has 2 aromatic carbocycles. The third-order valence-corrected chi connectivity index (χ3v) is 3.63. The number of anilines is 1.